The number of benzene rings is 2. The molecule has 0 unspecified atom stereocenters. The maximum atomic E-state index is 12.6. The Morgan fingerprint density at radius 3 is 2.52 bits per heavy atom. The van der Waals surface area contributed by atoms with Crippen molar-refractivity contribution in [1.29, 1.82) is 0 Å². The van der Waals surface area contributed by atoms with E-state index in [1.54, 1.807) is 36.5 Å². The van der Waals surface area contributed by atoms with Gasteiger partial charge in [-0.15, -0.1) is 0 Å². The van der Waals surface area contributed by atoms with Crippen LogP contribution in [-0.2, 0) is 9.59 Å². The van der Waals surface area contributed by atoms with E-state index in [0.29, 0.717) is 23.5 Å². The van der Waals surface area contributed by atoms with E-state index in [2.05, 4.69) is 10.3 Å². The first kappa shape index (κ1) is 18.4. The summed E-state index contributed by atoms with van der Waals surface area (Å²) in [5.74, 6) is 0.207. The van der Waals surface area contributed by atoms with Crippen molar-refractivity contribution in [3.8, 4) is 5.75 Å². The van der Waals surface area contributed by atoms with Gasteiger partial charge in [0.25, 0.3) is 0 Å². The van der Waals surface area contributed by atoms with Crippen LogP contribution in [0.3, 0.4) is 0 Å². The van der Waals surface area contributed by atoms with Crippen molar-refractivity contribution in [1.82, 2.24) is 4.98 Å². The van der Waals surface area contributed by atoms with Gasteiger partial charge in [0, 0.05) is 24.2 Å². The molecule has 2 aromatic carbocycles. The zero-order valence-electron chi connectivity index (χ0n) is 15.3. The Balaban J connectivity index is 1.76. The molecule has 27 heavy (non-hydrogen) atoms. The van der Waals surface area contributed by atoms with Gasteiger partial charge in [0.2, 0.25) is 11.8 Å². The topological polar surface area (TPSA) is 71.5 Å². The number of ether oxygens (including phenoxy) is 1. The van der Waals surface area contributed by atoms with E-state index in [4.69, 9.17) is 4.74 Å². The Bertz CT molecular complexity index is 949. The van der Waals surface area contributed by atoms with E-state index in [0.717, 1.165) is 11.1 Å². The van der Waals surface area contributed by atoms with E-state index in [1.165, 1.54) is 11.8 Å². The van der Waals surface area contributed by atoms with Crippen molar-refractivity contribution in [2.24, 2.45) is 0 Å². The van der Waals surface area contributed by atoms with Crippen LogP contribution in [0.2, 0.25) is 0 Å². The number of carbonyl (C=O) groups is 2. The van der Waals surface area contributed by atoms with Crippen molar-refractivity contribution in [2.45, 2.75) is 13.8 Å². The Morgan fingerprint density at radius 1 is 1.07 bits per heavy atom. The molecule has 0 saturated heterocycles. The normalized spacial score (nSPS) is 10.4. The maximum Gasteiger partial charge on any atom is 0.244 e. The highest BCUT2D eigenvalue weighted by Crippen LogP contribution is 2.22. The second-order valence-electron chi connectivity index (χ2n) is 5.96. The number of rotatable bonds is 6. The second kappa shape index (κ2) is 8.31. The minimum absolute atomic E-state index is 0.0907. The number of aromatic nitrogens is 1. The smallest absolute Gasteiger partial charge is 0.244 e. The van der Waals surface area contributed by atoms with Gasteiger partial charge in [-0.1, -0.05) is 18.2 Å². The van der Waals surface area contributed by atoms with Crippen molar-refractivity contribution in [3.05, 3.63) is 60.8 Å². The molecule has 6 nitrogen and oxygen atoms in total. The molecule has 0 atom stereocenters. The fraction of sp³-hybridized carbons (Fsp3) is 0.190. The average molecular weight is 363 g/mol. The number of nitrogens with zero attached hydrogens (tertiary/aromatic N) is 2. The third kappa shape index (κ3) is 4.41. The van der Waals surface area contributed by atoms with Crippen LogP contribution < -0.4 is 15.0 Å². The van der Waals surface area contributed by atoms with Gasteiger partial charge in [-0.3, -0.25) is 14.6 Å². The lowest BCUT2D eigenvalue weighted by Crippen LogP contribution is -2.36. The summed E-state index contributed by atoms with van der Waals surface area (Å²) in [6, 6.07) is 16.4. The number of anilines is 2. The summed E-state index contributed by atoms with van der Waals surface area (Å²) >= 11 is 0. The number of nitrogens with one attached hydrogen (secondary N) is 1. The molecule has 0 bridgehead atoms. The molecule has 0 saturated carbocycles. The summed E-state index contributed by atoms with van der Waals surface area (Å²) in [5.41, 5.74) is 1.97. The van der Waals surface area contributed by atoms with Gasteiger partial charge in [0.05, 0.1) is 17.8 Å². The van der Waals surface area contributed by atoms with E-state index in [1.807, 2.05) is 31.2 Å². The third-order valence-electron chi connectivity index (χ3n) is 4.05. The molecule has 0 aliphatic heterocycles. The quantitative estimate of drug-likeness (QED) is 0.726. The molecule has 3 rings (SSSR count). The Hall–Kier alpha value is -3.41. The maximum absolute atomic E-state index is 12.6. The standard InChI is InChI=1S/C21H21N3O3/c1-3-27-18-11-9-17(10-12-18)24(15(2)25)14-20(26)23-19-8-4-6-16-7-5-13-22-21(16)19/h4-13H,3,14H2,1-2H3,(H,23,26). The highest BCUT2D eigenvalue weighted by molar-refractivity contribution is 6.05. The molecule has 1 aromatic heterocycles. The molecule has 1 heterocycles. The largest absolute Gasteiger partial charge is 0.494 e. The van der Waals surface area contributed by atoms with Crippen molar-refractivity contribution in [3.63, 3.8) is 0 Å². The fourth-order valence-corrected chi connectivity index (χ4v) is 2.81. The van der Waals surface area contributed by atoms with E-state index >= 15 is 0 Å². The first-order valence-electron chi connectivity index (χ1n) is 8.73. The minimum Gasteiger partial charge on any atom is -0.494 e. The van der Waals surface area contributed by atoms with Crippen LogP contribution in [0.15, 0.2) is 60.8 Å². The fourth-order valence-electron chi connectivity index (χ4n) is 2.81. The molecule has 2 amide bonds. The Labute approximate surface area is 157 Å². The molecule has 0 spiro atoms. The summed E-state index contributed by atoms with van der Waals surface area (Å²) < 4.78 is 5.41. The molecule has 0 radical (unpaired) electrons. The van der Waals surface area contributed by atoms with E-state index in [9.17, 15) is 9.59 Å². The zero-order valence-corrected chi connectivity index (χ0v) is 15.3. The summed E-state index contributed by atoms with van der Waals surface area (Å²) in [5, 5.41) is 3.79. The van der Waals surface area contributed by atoms with Crippen LogP contribution in [0.5, 0.6) is 5.75 Å². The van der Waals surface area contributed by atoms with Gasteiger partial charge in [-0.25, -0.2) is 0 Å². The summed E-state index contributed by atoms with van der Waals surface area (Å²) in [7, 11) is 0. The monoisotopic (exact) mass is 363 g/mol. The first-order valence-corrected chi connectivity index (χ1v) is 8.73. The first-order chi connectivity index (χ1) is 13.1. The Kier molecular flexibility index (Phi) is 5.66. The van der Waals surface area contributed by atoms with Crippen LogP contribution in [0.4, 0.5) is 11.4 Å². The number of amides is 2. The highest BCUT2D eigenvalue weighted by atomic mass is 16.5. The van der Waals surface area contributed by atoms with Gasteiger partial charge in [-0.2, -0.15) is 0 Å². The van der Waals surface area contributed by atoms with Crippen molar-refractivity contribution < 1.29 is 14.3 Å². The van der Waals surface area contributed by atoms with Gasteiger partial charge < -0.3 is 15.0 Å². The number of hydrogen-bond acceptors (Lipinski definition) is 4. The SMILES string of the molecule is CCOc1ccc(N(CC(=O)Nc2cccc3cccnc23)C(C)=O)cc1. The van der Waals surface area contributed by atoms with Crippen LogP contribution in [-0.4, -0.2) is 29.9 Å². The van der Waals surface area contributed by atoms with Crippen LogP contribution in [0, 0.1) is 0 Å². The highest BCUT2D eigenvalue weighted by Gasteiger charge is 2.17. The molecule has 0 aliphatic rings. The lowest BCUT2D eigenvalue weighted by atomic mass is 10.2. The van der Waals surface area contributed by atoms with Crippen LogP contribution >= 0.6 is 0 Å². The molecule has 0 fully saturated rings. The van der Waals surface area contributed by atoms with Crippen LogP contribution in [0.25, 0.3) is 10.9 Å². The molecule has 3 aromatic rings. The number of pyridine rings is 1. The van der Waals surface area contributed by atoms with Gasteiger partial charge in [0.15, 0.2) is 0 Å². The van der Waals surface area contributed by atoms with E-state index < -0.39 is 0 Å². The second-order valence-corrected chi connectivity index (χ2v) is 5.96. The summed E-state index contributed by atoms with van der Waals surface area (Å²) in [6.45, 7) is 3.81. The summed E-state index contributed by atoms with van der Waals surface area (Å²) in [4.78, 5) is 30.4. The minimum atomic E-state index is -0.294. The predicted octanol–water partition coefficient (Wildman–Crippen LogP) is 3.63. The molecule has 138 valence electrons. The lowest BCUT2D eigenvalue weighted by Gasteiger charge is -2.21. The number of hydrogen-bond donors (Lipinski definition) is 1. The molecular weight excluding hydrogens is 342 g/mol. The number of carbonyl (C=O) groups excluding carboxylic acids is 2. The molecule has 1 N–H and O–H groups in total. The molecule has 6 heteroatoms. The van der Waals surface area contributed by atoms with E-state index in [-0.39, 0.29) is 18.4 Å². The van der Waals surface area contributed by atoms with Crippen LogP contribution in [0.1, 0.15) is 13.8 Å². The third-order valence-corrected chi connectivity index (χ3v) is 4.05. The van der Waals surface area contributed by atoms with Gasteiger partial charge >= 0.3 is 0 Å². The Morgan fingerprint density at radius 2 is 1.81 bits per heavy atom. The van der Waals surface area contributed by atoms with Gasteiger partial charge in [-0.05, 0) is 43.3 Å². The molecular formula is C21H21N3O3. The average Bonchev–Trinajstić information content (AvgIpc) is 2.67. The predicted molar refractivity (Wildman–Crippen MR) is 106 cm³/mol. The number of fused-ring (bicyclic) bond motifs is 1. The van der Waals surface area contributed by atoms with Crippen molar-refractivity contribution >= 4 is 34.1 Å². The van der Waals surface area contributed by atoms with Gasteiger partial charge in [0.1, 0.15) is 12.3 Å². The lowest BCUT2D eigenvalue weighted by molar-refractivity contribution is -0.120. The van der Waals surface area contributed by atoms with Crippen molar-refractivity contribution in [2.75, 3.05) is 23.4 Å². The summed E-state index contributed by atoms with van der Waals surface area (Å²) in [6.07, 6.45) is 1.68. The molecule has 0 aliphatic carbocycles. The number of para-hydroxylation sites is 1. The zero-order chi connectivity index (χ0) is 19.2.